The highest BCUT2D eigenvalue weighted by molar-refractivity contribution is 5.90. The molecule has 1 aromatic carbocycles. The van der Waals surface area contributed by atoms with E-state index < -0.39 is 6.04 Å². The minimum absolute atomic E-state index is 0.000374. The van der Waals surface area contributed by atoms with Crippen molar-refractivity contribution >= 4 is 35.3 Å². The molecule has 13 heteroatoms. The van der Waals surface area contributed by atoms with E-state index in [0.717, 1.165) is 12.1 Å². The number of aromatic nitrogens is 5. The summed E-state index contributed by atoms with van der Waals surface area (Å²) >= 11 is 0. The molecule has 3 aromatic heterocycles. The molecule has 13 nitrogen and oxygen atoms in total. The number of nitrogens with one attached hydrogen (secondary N) is 1. The van der Waals surface area contributed by atoms with Gasteiger partial charge >= 0.3 is 6.03 Å². The average molecular weight is 503 g/mol. The summed E-state index contributed by atoms with van der Waals surface area (Å²) in [5.41, 5.74) is 6.91. The van der Waals surface area contributed by atoms with Gasteiger partial charge in [0.2, 0.25) is 23.6 Å². The number of anilines is 3. The van der Waals surface area contributed by atoms with E-state index in [1.807, 2.05) is 40.1 Å². The first-order valence-corrected chi connectivity index (χ1v) is 12.2. The van der Waals surface area contributed by atoms with Gasteiger partial charge in [0.1, 0.15) is 6.04 Å². The zero-order valence-electron chi connectivity index (χ0n) is 20.0. The highest BCUT2D eigenvalue weighted by Gasteiger charge is 2.37. The normalized spacial score (nSPS) is 17.9. The van der Waals surface area contributed by atoms with Crippen LogP contribution in [0.4, 0.5) is 22.4 Å². The number of carbonyl (C=O) groups excluding carboxylic acids is 2. The number of carbonyl (C=O) groups is 2. The third kappa shape index (κ3) is 4.39. The van der Waals surface area contributed by atoms with Crippen molar-refractivity contribution in [2.45, 2.75) is 18.9 Å². The molecule has 0 radical (unpaired) electrons. The first-order chi connectivity index (χ1) is 18.1. The molecule has 37 heavy (non-hydrogen) atoms. The Kier molecular flexibility index (Phi) is 5.79. The Morgan fingerprint density at radius 2 is 1.73 bits per heavy atom. The Hall–Kier alpha value is -4.68. The fourth-order valence-electron chi connectivity index (χ4n) is 4.76. The monoisotopic (exact) mass is 502 g/mol. The lowest BCUT2D eigenvalue weighted by molar-refractivity contribution is -0.133. The minimum atomic E-state index is -0.404. The van der Waals surface area contributed by atoms with Crippen LogP contribution in [0, 0.1) is 0 Å². The summed E-state index contributed by atoms with van der Waals surface area (Å²) in [5.74, 6) is 1.61. The van der Waals surface area contributed by atoms with Crippen molar-refractivity contribution in [2.75, 3.05) is 48.7 Å². The van der Waals surface area contributed by atoms with E-state index in [1.54, 1.807) is 17.0 Å². The van der Waals surface area contributed by atoms with Gasteiger partial charge in [-0.15, -0.1) is 5.10 Å². The number of rotatable bonds is 4. The molecule has 2 aliphatic heterocycles. The van der Waals surface area contributed by atoms with Gasteiger partial charge in [-0.25, -0.2) is 4.79 Å². The molecule has 0 spiro atoms. The van der Waals surface area contributed by atoms with Crippen LogP contribution in [-0.4, -0.2) is 85.1 Å². The predicted octanol–water partition coefficient (Wildman–Crippen LogP) is 1.71. The third-order valence-corrected chi connectivity index (χ3v) is 6.66. The second-order valence-electron chi connectivity index (χ2n) is 8.97. The van der Waals surface area contributed by atoms with Crippen molar-refractivity contribution < 1.29 is 14.0 Å². The Labute approximate surface area is 211 Å². The average Bonchev–Trinajstić information content (AvgIpc) is 3.69. The molecule has 0 unspecified atom stereocenters. The second kappa shape index (κ2) is 9.41. The van der Waals surface area contributed by atoms with Gasteiger partial charge in [-0.05, 0) is 37.1 Å². The van der Waals surface area contributed by atoms with Gasteiger partial charge in [0.05, 0.1) is 6.26 Å². The molecule has 6 rings (SSSR count). The van der Waals surface area contributed by atoms with Crippen LogP contribution in [0.3, 0.4) is 0 Å². The van der Waals surface area contributed by atoms with Crippen LogP contribution in [-0.2, 0) is 4.79 Å². The number of urea groups is 1. The zero-order valence-corrected chi connectivity index (χ0v) is 20.0. The largest absolute Gasteiger partial charge is 0.461 e. The highest BCUT2D eigenvalue weighted by Crippen LogP contribution is 2.26. The van der Waals surface area contributed by atoms with Gasteiger partial charge in [0.15, 0.2) is 5.76 Å². The van der Waals surface area contributed by atoms with Crippen LogP contribution < -0.4 is 16.0 Å². The number of nitrogens with zero attached hydrogens (tertiary/aromatic N) is 8. The molecule has 5 heterocycles. The lowest BCUT2D eigenvalue weighted by atomic mass is 10.1. The Balaban J connectivity index is 1.14. The van der Waals surface area contributed by atoms with Crippen molar-refractivity contribution in [1.82, 2.24) is 34.4 Å². The summed E-state index contributed by atoms with van der Waals surface area (Å²) in [5, 5.41) is 7.23. The molecule has 0 saturated carbocycles. The number of hydrogen-bond donors (Lipinski definition) is 2. The van der Waals surface area contributed by atoms with Gasteiger partial charge < -0.3 is 30.2 Å². The molecular formula is C24H26N10O3. The summed E-state index contributed by atoms with van der Waals surface area (Å²) in [6, 6.07) is 12.3. The maximum atomic E-state index is 13.5. The number of benzene rings is 1. The fourth-order valence-corrected chi connectivity index (χ4v) is 4.76. The van der Waals surface area contributed by atoms with Crippen LogP contribution in [0.2, 0.25) is 0 Å². The molecule has 3 amide bonds. The molecule has 3 N–H and O–H groups in total. The Bertz CT molecular complexity index is 1410. The number of furan rings is 1. The van der Waals surface area contributed by atoms with E-state index in [2.05, 4.69) is 25.4 Å². The first kappa shape index (κ1) is 22.8. The fraction of sp³-hybridized carbons (Fsp3) is 0.333. The molecule has 0 bridgehead atoms. The maximum Gasteiger partial charge on any atom is 0.321 e. The third-order valence-electron chi connectivity index (χ3n) is 6.66. The smallest absolute Gasteiger partial charge is 0.321 e. The van der Waals surface area contributed by atoms with E-state index >= 15 is 0 Å². The van der Waals surface area contributed by atoms with E-state index in [-0.39, 0.29) is 23.7 Å². The number of nitrogen functional groups attached to an aromatic ring is 1. The lowest BCUT2D eigenvalue weighted by Gasteiger charge is -2.37. The molecule has 4 aromatic rings. The molecule has 2 saturated heterocycles. The number of piperazine rings is 1. The van der Waals surface area contributed by atoms with Gasteiger partial charge in [-0.2, -0.15) is 19.5 Å². The highest BCUT2D eigenvalue weighted by atomic mass is 16.3. The topological polar surface area (TPSA) is 151 Å². The number of fused-ring (bicyclic) bond motifs is 1. The Morgan fingerprint density at radius 3 is 2.49 bits per heavy atom. The van der Waals surface area contributed by atoms with Crippen LogP contribution >= 0.6 is 0 Å². The summed E-state index contributed by atoms with van der Waals surface area (Å²) in [6.07, 6.45) is 3.05. The van der Waals surface area contributed by atoms with Crippen molar-refractivity contribution in [1.29, 1.82) is 0 Å². The zero-order chi connectivity index (χ0) is 25.4. The van der Waals surface area contributed by atoms with Crippen LogP contribution in [0.25, 0.3) is 17.4 Å². The van der Waals surface area contributed by atoms with E-state index in [0.29, 0.717) is 56.7 Å². The molecule has 2 aliphatic rings. The van der Waals surface area contributed by atoms with Gasteiger partial charge in [0.25, 0.3) is 5.78 Å². The quantitative estimate of drug-likeness (QED) is 0.425. The van der Waals surface area contributed by atoms with E-state index in [1.165, 1.54) is 10.8 Å². The van der Waals surface area contributed by atoms with Crippen LogP contribution in [0.5, 0.6) is 0 Å². The van der Waals surface area contributed by atoms with Gasteiger partial charge in [0, 0.05) is 38.4 Å². The molecule has 2 fully saturated rings. The van der Waals surface area contributed by atoms with Crippen molar-refractivity contribution in [3.05, 3.63) is 48.7 Å². The van der Waals surface area contributed by atoms with Crippen molar-refractivity contribution in [3.8, 4) is 11.6 Å². The van der Waals surface area contributed by atoms with Crippen molar-refractivity contribution in [2.24, 2.45) is 0 Å². The van der Waals surface area contributed by atoms with Gasteiger partial charge in [-0.3, -0.25) is 4.79 Å². The summed E-state index contributed by atoms with van der Waals surface area (Å²) in [4.78, 5) is 44.9. The maximum absolute atomic E-state index is 13.5. The van der Waals surface area contributed by atoms with Crippen LogP contribution in [0.15, 0.2) is 53.1 Å². The summed E-state index contributed by atoms with van der Waals surface area (Å²) in [7, 11) is 0. The number of nitrogens with two attached hydrogens (primary N) is 1. The standard InChI is InChI=1S/C24H26N10O3/c25-21-28-22(29-23-27-19(30-34(21)23)18-9-5-15-37-18)33-10-4-8-17(33)20(35)31-11-13-32(14-12-31)24(36)26-16-6-2-1-3-7-16/h1-3,5-7,9,15,17H,4,8,10-14H2,(H,26,36)(H2,25,27,28,29,30)/t17-/m1/s1. The van der Waals surface area contributed by atoms with E-state index in [9.17, 15) is 9.59 Å². The first-order valence-electron chi connectivity index (χ1n) is 12.2. The summed E-state index contributed by atoms with van der Waals surface area (Å²) < 4.78 is 6.73. The lowest BCUT2D eigenvalue weighted by Crippen LogP contribution is -2.55. The SMILES string of the molecule is Nc1nc(N2CCC[C@@H]2C(=O)N2CCN(C(=O)Nc3ccccc3)CC2)nc2nc(-c3ccco3)nn12. The molecule has 1 atom stereocenters. The number of para-hydroxylation sites is 1. The van der Waals surface area contributed by atoms with Crippen molar-refractivity contribution in [3.63, 3.8) is 0 Å². The van der Waals surface area contributed by atoms with E-state index in [4.69, 9.17) is 10.2 Å². The van der Waals surface area contributed by atoms with Gasteiger partial charge in [-0.1, -0.05) is 18.2 Å². The number of amides is 3. The Morgan fingerprint density at radius 1 is 0.946 bits per heavy atom. The molecular weight excluding hydrogens is 476 g/mol. The predicted molar refractivity (Wildman–Crippen MR) is 135 cm³/mol. The minimum Gasteiger partial charge on any atom is -0.461 e. The molecule has 0 aliphatic carbocycles. The second-order valence-corrected chi connectivity index (χ2v) is 8.97. The number of hydrogen-bond acceptors (Lipinski definition) is 9. The molecule has 190 valence electrons. The summed E-state index contributed by atoms with van der Waals surface area (Å²) in [6.45, 7) is 2.47. The van der Waals surface area contributed by atoms with Crippen LogP contribution in [0.1, 0.15) is 12.8 Å².